The molecule has 0 bridgehead atoms. The number of ketones is 1. The molecule has 1 aliphatic carbocycles. The van der Waals surface area contributed by atoms with Gasteiger partial charge in [0, 0.05) is 43.3 Å². The molecule has 0 spiro atoms. The van der Waals surface area contributed by atoms with Crippen LogP contribution in [0, 0.1) is 11.8 Å². The molecule has 1 fully saturated rings. The summed E-state index contributed by atoms with van der Waals surface area (Å²) < 4.78 is 16.0. The molecule has 164 valence electrons. The first kappa shape index (κ1) is 23.5. The second-order valence-electron chi connectivity index (χ2n) is 7.91. The number of ether oxygens (including phenoxy) is 3. The Bertz CT molecular complexity index is 789. The van der Waals surface area contributed by atoms with Crippen molar-refractivity contribution in [3.05, 3.63) is 35.5 Å². The molecule has 0 amide bonds. The monoisotopic (exact) mass is 420 g/mol. The molecule has 8 nitrogen and oxygen atoms in total. The van der Waals surface area contributed by atoms with E-state index in [1.54, 1.807) is 6.08 Å². The Morgan fingerprint density at radius 1 is 1.27 bits per heavy atom. The highest BCUT2D eigenvalue weighted by Crippen LogP contribution is 2.33. The molecule has 0 unspecified atom stereocenters. The molecular formula is C22H28O8. The maximum absolute atomic E-state index is 12.6. The molecule has 2 rings (SSSR count). The molecule has 30 heavy (non-hydrogen) atoms. The number of carbonyl (C=O) groups excluding carboxylic acids is 4. The molecule has 1 saturated heterocycles. The van der Waals surface area contributed by atoms with Gasteiger partial charge in [0.15, 0.2) is 5.78 Å². The van der Waals surface area contributed by atoms with Gasteiger partial charge >= 0.3 is 17.9 Å². The molecule has 1 N–H and O–H groups in total. The lowest BCUT2D eigenvalue weighted by Gasteiger charge is -2.22. The minimum absolute atomic E-state index is 0.0743. The van der Waals surface area contributed by atoms with Gasteiger partial charge < -0.3 is 19.3 Å². The van der Waals surface area contributed by atoms with E-state index in [-0.39, 0.29) is 54.7 Å². The fraction of sp³-hybridized carbons (Fsp3) is 0.545. The summed E-state index contributed by atoms with van der Waals surface area (Å²) in [6, 6.07) is 0. The van der Waals surface area contributed by atoms with Crippen molar-refractivity contribution in [3.63, 3.8) is 0 Å². The van der Waals surface area contributed by atoms with E-state index in [1.165, 1.54) is 13.0 Å². The zero-order valence-corrected chi connectivity index (χ0v) is 17.5. The van der Waals surface area contributed by atoms with Gasteiger partial charge in [-0.1, -0.05) is 20.4 Å². The number of rotatable bonds is 6. The standard InChI is InChI=1S/C22H28O8/c1-12(2)5-21(26)28-11-15-6-17(29-14(4)24)8-16(10-23)19(25)9-18-13(3)22(27)30-20(18)7-15/h7-8,12,17-18,20,23H,3,5-6,9-11H2,1-2,4H3/b15-7-,16-8+/t17-,18+,20-/m1/s1. The van der Waals surface area contributed by atoms with E-state index in [4.69, 9.17) is 14.2 Å². The molecular weight excluding hydrogens is 392 g/mol. The Kier molecular flexibility index (Phi) is 8.11. The fourth-order valence-corrected chi connectivity index (χ4v) is 3.39. The number of fused-ring (bicyclic) bond motifs is 1. The van der Waals surface area contributed by atoms with Crippen molar-refractivity contribution in [2.45, 2.75) is 52.2 Å². The summed E-state index contributed by atoms with van der Waals surface area (Å²) in [5, 5.41) is 9.64. The van der Waals surface area contributed by atoms with Gasteiger partial charge in [0.2, 0.25) is 0 Å². The average molecular weight is 420 g/mol. The summed E-state index contributed by atoms with van der Waals surface area (Å²) in [6.07, 6.45) is 1.69. The minimum atomic E-state index is -0.847. The predicted molar refractivity (Wildman–Crippen MR) is 106 cm³/mol. The first-order chi connectivity index (χ1) is 14.1. The zero-order valence-electron chi connectivity index (χ0n) is 17.5. The van der Waals surface area contributed by atoms with E-state index < -0.39 is 36.7 Å². The van der Waals surface area contributed by atoms with Crippen LogP contribution in [0.1, 0.15) is 40.0 Å². The first-order valence-electron chi connectivity index (χ1n) is 9.87. The lowest BCUT2D eigenvalue weighted by atomic mass is 9.86. The van der Waals surface area contributed by atoms with E-state index in [2.05, 4.69) is 6.58 Å². The number of aliphatic hydroxyl groups is 1. The molecule has 3 atom stereocenters. The summed E-state index contributed by atoms with van der Waals surface area (Å²) in [6.45, 7) is 8.13. The van der Waals surface area contributed by atoms with Crippen molar-refractivity contribution in [1.29, 1.82) is 0 Å². The topological polar surface area (TPSA) is 116 Å². The Morgan fingerprint density at radius 3 is 2.57 bits per heavy atom. The van der Waals surface area contributed by atoms with Crippen LogP contribution in [-0.4, -0.2) is 54.2 Å². The van der Waals surface area contributed by atoms with Gasteiger partial charge in [0.05, 0.1) is 6.61 Å². The molecule has 0 saturated carbocycles. The van der Waals surface area contributed by atoms with Crippen LogP contribution in [0.4, 0.5) is 0 Å². The third kappa shape index (κ3) is 6.38. The smallest absolute Gasteiger partial charge is 0.334 e. The number of hydrogen-bond donors (Lipinski definition) is 1. The van der Waals surface area contributed by atoms with Crippen LogP contribution < -0.4 is 0 Å². The maximum atomic E-state index is 12.6. The van der Waals surface area contributed by atoms with Gasteiger partial charge in [-0.2, -0.15) is 0 Å². The van der Waals surface area contributed by atoms with Crippen LogP contribution in [0.25, 0.3) is 0 Å². The minimum Gasteiger partial charge on any atom is -0.461 e. The molecule has 2 aliphatic rings. The fourth-order valence-electron chi connectivity index (χ4n) is 3.39. The molecule has 0 aromatic carbocycles. The highest BCUT2D eigenvalue weighted by atomic mass is 16.6. The van der Waals surface area contributed by atoms with Gasteiger partial charge in [0.1, 0.15) is 18.8 Å². The Labute approximate surface area is 175 Å². The zero-order chi connectivity index (χ0) is 22.4. The lowest BCUT2D eigenvalue weighted by Crippen LogP contribution is -2.26. The van der Waals surface area contributed by atoms with Crippen molar-refractivity contribution in [3.8, 4) is 0 Å². The van der Waals surface area contributed by atoms with Crippen LogP contribution in [-0.2, 0) is 33.4 Å². The third-order valence-electron chi connectivity index (χ3n) is 4.84. The Balaban J connectivity index is 2.36. The van der Waals surface area contributed by atoms with E-state index in [0.717, 1.165) is 0 Å². The highest BCUT2D eigenvalue weighted by molar-refractivity contribution is 5.98. The number of esters is 3. The van der Waals surface area contributed by atoms with Gasteiger partial charge in [0.25, 0.3) is 0 Å². The number of hydrogen-bond acceptors (Lipinski definition) is 8. The van der Waals surface area contributed by atoms with Gasteiger partial charge in [-0.25, -0.2) is 4.79 Å². The quantitative estimate of drug-likeness (QED) is 0.299. The third-order valence-corrected chi connectivity index (χ3v) is 4.84. The van der Waals surface area contributed by atoms with Crippen LogP contribution >= 0.6 is 0 Å². The summed E-state index contributed by atoms with van der Waals surface area (Å²) in [7, 11) is 0. The Hall–Kier alpha value is -2.74. The van der Waals surface area contributed by atoms with Crippen molar-refractivity contribution in [2.24, 2.45) is 11.8 Å². The van der Waals surface area contributed by atoms with Gasteiger partial charge in [-0.15, -0.1) is 0 Å². The van der Waals surface area contributed by atoms with Crippen molar-refractivity contribution in [2.75, 3.05) is 13.2 Å². The van der Waals surface area contributed by atoms with Crippen LogP contribution in [0.2, 0.25) is 0 Å². The summed E-state index contributed by atoms with van der Waals surface area (Å²) in [5.74, 6) is -2.38. The number of carbonyl (C=O) groups is 4. The highest BCUT2D eigenvalue weighted by Gasteiger charge is 2.40. The normalized spacial score (nSPS) is 28.0. The molecule has 8 heteroatoms. The largest absolute Gasteiger partial charge is 0.461 e. The van der Waals surface area contributed by atoms with E-state index >= 15 is 0 Å². The SMILES string of the molecule is C=C1C(=O)O[C@@H]2/C=C(\COC(=O)CC(C)C)C[C@@H](OC(C)=O)/C=C(\CO)C(=O)C[C@@H]12. The second-order valence-corrected chi connectivity index (χ2v) is 7.91. The van der Waals surface area contributed by atoms with Crippen molar-refractivity contribution >= 4 is 23.7 Å². The van der Waals surface area contributed by atoms with E-state index in [0.29, 0.717) is 5.57 Å². The molecule has 1 aliphatic heterocycles. The molecule has 0 aromatic heterocycles. The van der Waals surface area contributed by atoms with Crippen LogP contribution in [0.3, 0.4) is 0 Å². The first-order valence-corrected chi connectivity index (χ1v) is 9.87. The molecule has 0 aromatic rings. The summed E-state index contributed by atoms with van der Waals surface area (Å²) >= 11 is 0. The van der Waals surface area contributed by atoms with Gasteiger partial charge in [-0.05, 0) is 23.6 Å². The molecule has 1 heterocycles. The lowest BCUT2D eigenvalue weighted by molar-refractivity contribution is -0.146. The van der Waals surface area contributed by atoms with Crippen molar-refractivity contribution in [1.82, 2.24) is 0 Å². The Morgan fingerprint density at radius 2 is 1.97 bits per heavy atom. The second kappa shape index (κ2) is 10.3. The van der Waals surface area contributed by atoms with E-state index in [9.17, 15) is 24.3 Å². The molecule has 0 radical (unpaired) electrons. The van der Waals surface area contributed by atoms with Crippen molar-refractivity contribution < 1.29 is 38.5 Å². The van der Waals surface area contributed by atoms with Crippen LogP contribution in [0.15, 0.2) is 35.5 Å². The predicted octanol–water partition coefficient (Wildman–Crippen LogP) is 1.81. The van der Waals surface area contributed by atoms with Crippen LogP contribution in [0.5, 0.6) is 0 Å². The average Bonchev–Trinajstić information content (AvgIpc) is 2.90. The van der Waals surface area contributed by atoms with E-state index in [1.807, 2.05) is 13.8 Å². The van der Waals surface area contributed by atoms with Gasteiger partial charge in [-0.3, -0.25) is 14.4 Å². The maximum Gasteiger partial charge on any atom is 0.334 e. The summed E-state index contributed by atoms with van der Waals surface area (Å²) in [5.41, 5.74) is 0.819. The summed E-state index contributed by atoms with van der Waals surface area (Å²) in [4.78, 5) is 48.1. The number of Topliss-reactive ketones (excluding diaryl/α,β-unsaturated/α-hetero) is 1. The number of aliphatic hydroxyl groups excluding tert-OH is 1.